The van der Waals surface area contributed by atoms with E-state index in [9.17, 15) is 8.42 Å². The van der Waals surface area contributed by atoms with Crippen molar-refractivity contribution in [3.05, 3.63) is 28.8 Å². The number of rotatable bonds is 3. The van der Waals surface area contributed by atoms with Gasteiger partial charge in [-0.3, -0.25) is 4.72 Å². The fraction of sp³-hybridized carbons (Fsp3) is 0.400. The molecule has 0 radical (unpaired) electrons. The summed E-state index contributed by atoms with van der Waals surface area (Å²) in [6.07, 6.45) is 1.52. The van der Waals surface area contributed by atoms with Crippen molar-refractivity contribution in [2.24, 2.45) is 0 Å². The molecule has 1 saturated carbocycles. The topological polar surface area (TPSA) is 46.2 Å². The molecule has 3 nitrogen and oxygen atoms in total. The van der Waals surface area contributed by atoms with Crippen molar-refractivity contribution in [1.29, 1.82) is 0 Å². The Morgan fingerprint density at radius 3 is 2.67 bits per heavy atom. The van der Waals surface area contributed by atoms with Crippen LogP contribution in [0.4, 0.5) is 5.69 Å². The number of anilines is 1. The molecule has 5 heteroatoms. The van der Waals surface area contributed by atoms with Gasteiger partial charge in [0.2, 0.25) is 10.0 Å². The summed E-state index contributed by atoms with van der Waals surface area (Å²) in [5, 5.41) is 0.324. The van der Waals surface area contributed by atoms with Gasteiger partial charge in [0.1, 0.15) is 0 Å². The molecule has 15 heavy (non-hydrogen) atoms. The summed E-state index contributed by atoms with van der Waals surface area (Å²) in [5.41, 5.74) is 1.46. The van der Waals surface area contributed by atoms with Crippen molar-refractivity contribution in [1.82, 2.24) is 0 Å². The molecule has 0 amide bonds. The van der Waals surface area contributed by atoms with Gasteiger partial charge in [0.25, 0.3) is 0 Å². The van der Waals surface area contributed by atoms with Gasteiger partial charge in [-0.05, 0) is 37.5 Å². The Bertz CT molecular complexity index is 480. The molecule has 0 spiro atoms. The molecule has 1 aliphatic carbocycles. The first-order chi connectivity index (χ1) is 6.99. The first-order valence-corrected chi connectivity index (χ1v) is 6.69. The molecule has 1 aliphatic rings. The number of aryl methyl sites for hydroxylation is 1. The van der Waals surface area contributed by atoms with Gasteiger partial charge < -0.3 is 0 Å². The number of hydrogen-bond donors (Lipinski definition) is 1. The minimum Gasteiger partial charge on any atom is -0.283 e. The van der Waals surface area contributed by atoms with Gasteiger partial charge >= 0.3 is 0 Å². The van der Waals surface area contributed by atoms with E-state index in [1.54, 1.807) is 18.2 Å². The molecule has 0 aromatic heterocycles. The summed E-state index contributed by atoms with van der Waals surface area (Å²) in [4.78, 5) is 0. The molecule has 82 valence electrons. The minimum atomic E-state index is -3.19. The van der Waals surface area contributed by atoms with Crippen molar-refractivity contribution in [3.63, 3.8) is 0 Å². The van der Waals surface area contributed by atoms with E-state index in [-0.39, 0.29) is 5.25 Å². The summed E-state index contributed by atoms with van der Waals surface area (Å²) >= 11 is 5.81. The third-order valence-corrected chi connectivity index (χ3v) is 4.50. The van der Waals surface area contributed by atoms with Crippen LogP contribution in [-0.4, -0.2) is 13.7 Å². The normalized spacial score (nSPS) is 16.4. The average Bonchev–Trinajstić information content (AvgIpc) is 2.93. The lowest BCUT2D eigenvalue weighted by molar-refractivity contribution is 0.600. The van der Waals surface area contributed by atoms with Crippen molar-refractivity contribution >= 4 is 27.3 Å². The van der Waals surface area contributed by atoms with Crippen LogP contribution in [0.1, 0.15) is 18.4 Å². The van der Waals surface area contributed by atoms with Gasteiger partial charge in [-0.15, -0.1) is 0 Å². The highest BCUT2D eigenvalue weighted by atomic mass is 35.5. The quantitative estimate of drug-likeness (QED) is 0.890. The summed E-state index contributed by atoms with van der Waals surface area (Å²) < 4.78 is 25.9. The smallest absolute Gasteiger partial charge is 0.235 e. The molecule has 2 rings (SSSR count). The Morgan fingerprint density at radius 1 is 1.40 bits per heavy atom. The van der Waals surface area contributed by atoms with Crippen LogP contribution in [0, 0.1) is 6.92 Å². The van der Waals surface area contributed by atoms with E-state index < -0.39 is 10.0 Å². The lowest BCUT2D eigenvalue weighted by Crippen LogP contribution is -2.17. The number of sulfonamides is 1. The Balaban J connectivity index is 2.27. The highest BCUT2D eigenvalue weighted by molar-refractivity contribution is 7.93. The second kappa shape index (κ2) is 3.68. The van der Waals surface area contributed by atoms with E-state index in [0.717, 1.165) is 18.4 Å². The van der Waals surface area contributed by atoms with Gasteiger partial charge in [0.15, 0.2) is 0 Å². The van der Waals surface area contributed by atoms with E-state index in [1.165, 1.54) is 0 Å². The third-order valence-electron chi connectivity index (χ3n) is 2.42. The monoisotopic (exact) mass is 245 g/mol. The van der Waals surface area contributed by atoms with Crippen molar-refractivity contribution in [2.75, 3.05) is 4.72 Å². The SMILES string of the molecule is Cc1ccc(Cl)cc1NS(=O)(=O)C1CC1. The van der Waals surface area contributed by atoms with Crippen LogP contribution in [0.5, 0.6) is 0 Å². The van der Waals surface area contributed by atoms with Crippen LogP contribution in [0.3, 0.4) is 0 Å². The number of halogens is 1. The Morgan fingerprint density at radius 2 is 2.07 bits per heavy atom. The maximum Gasteiger partial charge on any atom is 0.235 e. The summed E-state index contributed by atoms with van der Waals surface area (Å²) in [7, 11) is -3.19. The van der Waals surface area contributed by atoms with E-state index >= 15 is 0 Å². The summed E-state index contributed by atoms with van der Waals surface area (Å²) in [5.74, 6) is 0. The molecule has 0 bridgehead atoms. The first kappa shape index (κ1) is 10.8. The maximum absolute atomic E-state index is 11.7. The molecule has 0 heterocycles. The largest absolute Gasteiger partial charge is 0.283 e. The molecule has 1 fully saturated rings. The lowest BCUT2D eigenvalue weighted by Gasteiger charge is -2.09. The second-order valence-electron chi connectivity index (χ2n) is 3.81. The third kappa shape index (κ3) is 2.44. The van der Waals surface area contributed by atoms with Crippen molar-refractivity contribution in [3.8, 4) is 0 Å². The average molecular weight is 246 g/mol. The van der Waals surface area contributed by atoms with Crippen molar-refractivity contribution in [2.45, 2.75) is 25.0 Å². The van der Waals surface area contributed by atoms with Gasteiger partial charge in [-0.2, -0.15) is 0 Å². The molecule has 0 atom stereocenters. The predicted octanol–water partition coefficient (Wildman–Crippen LogP) is 2.55. The van der Waals surface area contributed by atoms with Crippen LogP contribution in [0.25, 0.3) is 0 Å². The zero-order valence-electron chi connectivity index (χ0n) is 8.33. The molecular formula is C10H12ClNO2S. The summed E-state index contributed by atoms with van der Waals surface area (Å²) in [6, 6.07) is 5.18. The zero-order valence-corrected chi connectivity index (χ0v) is 9.90. The minimum absolute atomic E-state index is 0.212. The Labute approximate surface area is 94.5 Å². The Kier molecular flexibility index (Phi) is 2.64. The Hall–Kier alpha value is -0.740. The van der Waals surface area contributed by atoms with E-state index in [1.807, 2.05) is 6.92 Å². The first-order valence-electron chi connectivity index (χ1n) is 4.77. The van der Waals surface area contributed by atoms with Crippen LogP contribution < -0.4 is 4.72 Å². The zero-order chi connectivity index (χ0) is 11.1. The van der Waals surface area contributed by atoms with E-state index in [2.05, 4.69) is 4.72 Å². The fourth-order valence-corrected chi connectivity index (χ4v) is 2.94. The molecule has 0 aliphatic heterocycles. The van der Waals surface area contributed by atoms with Crippen LogP contribution in [0.15, 0.2) is 18.2 Å². The van der Waals surface area contributed by atoms with Crippen LogP contribution >= 0.6 is 11.6 Å². The molecule has 1 aromatic carbocycles. The van der Waals surface area contributed by atoms with Gasteiger partial charge in [-0.25, -0.2) is 8.42 Å². The van der Waals surface area contributed by atoms with Gasteiger partial charge in [0, 0.05) is 5.02 Å². The molecule has 0 saturated heterocycles. The standard InChI is InChI=1S/C10H12ClNO2S/c1-7-2-3-8(11)6-10(7)12-15(13,14)9-4-5-9/h2-3,6,9,12H,4-5H2,1H3. The van der Waals surface area contributed by atoms with E-state index in [0.29, 0.717) is 10.7 Å². The highest BCUT2D eigenvalue weighted by Crippen LogP contribution is 2.31. The van der Waals surface area contributed by atoms with Crippen molar-refractivity contribution < 1.29 is 8.42 Å². The highest BCUT2D eigenvalue weighted by Gasteiger charge is 2.35. The molecular weight excluding hydrogens is 234 g/mol. The number of benzene rings is 1. The lowest BCUT2D eigenvalue weighted by atomic mass is 10.2. The fourth-order valence-electron chi connectivity index (χ4n) is 1.32. The molecule has 1 N–H and O–H groups in total. The van der Waals surface area contributed by atoms with Crippen LogP contribution in [0.2, 0.25) is 5.02 Å². The van der Waals surface area contributed by atoms with E-state index in [4.69, 9.17) is 11.6 Å². The van der Waals surface area contributed by atoms with Gasteiger partial charge in [0.05, 0.1) is 10.9 Å². The second-order valence-corrected chi connectivity index (χ2v) is 6.20. The predicted molar refractivity (Wildman–Crippen MR) is 61.8 cm³/mol. The van der Waals surface area contributed by atoms with Gasteiger partial charge in [-0.1, -0.05) is 17.7 Å². The maximum atomic E-state index is 11.7. The number of hydrogen-bond acceptors (Lipinski definition) is 2. The molecule has 0 unspecified atom stereocenters. The number of nitrogens with one attached hydrogen (secondary N) is 1. The van der Waals surface area contributed by atoms with Crippen LogP contribution in [-0.2, 0) is 10.0 Å². The molecule has 1 aromatic rings. The summed E-state index contributed by atoms with van der Waals surface area (Å²) in [6.45, 7) is 1.85.